The number of esters is 1. The molecule has 116 valence electrons. The lowest BCUT2D eigenvalue weighted by molar-refractivity contribution is -0.899. The van der Waals surface area contributed by atoms with Gasteiger partial charge in [0.15, 0.2) is 6.54 Å². The van der Waals surface area contributed by atoms with E-state index >= 15 is 0 Å². The van der Waals surface area contributed by atoms with E-state index in [1.54, 1.807) is 0 Å². The molecule has 0 aromatic carbocycles. The third kappa shape index (κ3) is 3.81. The van der Waals surface area contributed by atoms with Crippen LogP contribution >= 0.6 is 11.3 Å². The molecule has 1 aromatic rings. The molecule has 1 saturated heterocycles. The zero-order valence-electron chi connectivity index (χ0n) is 12.6. The predicted molar refractivity (Wildman–Crippen MR) is 80.1 cm³/mol. The normalized spacial score (nSPS) is 15.8. The van der Waals surface area contributed by atoms with E-state index in [1.165, 1.54) is 23.3 Å². The fourth-order valence-electron chi connectivity index (χ4n) is 2.30. The van der Waals surface area contributed by atoms with Crippen molar-refractivity contribution in [2.45, 2.75) is 13.8 Å². The number of carbonyl (C=O) groups is 2. The number of hydrogen-bond acceptors (Lipinski definition) is 5. The summed E-state index contributed by atoms with van der Waals surface area (Å²) in [6.45, 7) is 7.22. The number of ether oxygens (including phenoxy) is 2. The number of thiophene rings is 1. The Morgan fingerprint density at radius 3 is 2.62 bits per heavy atom. The van der Waals surface area contributed by atoms with Crippen LogP contribution < -0.4 is 10.2 Å². The van der Waals surface area contributed by atoms with Crippen LogP contribution in [0.1, 0.15) is 20.8 Å². The monoisotopic (exact) mass is 313 g/mol. The van der Waals surface area contributed by atoms with Gasteiger partial charge < -0.3 is 19.7 Å². The quantitative estimate of drug-likeness (QED) is 0.768. The van der Waals surface area contributed by atoms with Gasteiger partial charge in [0.05, 0.1) is 25.9 Å². The largest absolute Gasteiger partial charge is 0.465 e. The highest BCUT2D eigenvalue weighted by Gasteiger charge is 2.23. The van der Waals surface area contributed by atoms with E-state index in [-0.39, 0.29) is 5.91 Å². The molecule has 1 fully saturated rings. The number of aryl methyl sites for hydroxylation is 1. The molecule has 0 bridgehead atoms. The third-order valence-electron chi connectivity index (χ3n) is 3.64. The molecule has 1 aromatic heterocycles. The summed E-state index contributed by atoms with van der Waals surface area (Å²) in [4.78, 5) is 26.2. The maximum absolute atomic E-state index is 12.1. The molecule has 2 rings (SSSR count). The van der Waals surface area contributed by atoms with Gasteiger partial charge >= 0.3 is 5.97 Å². The zero-order valence-corrected chi connectivity index (χ0v) is 13.4. The lowest BCUT2D eigenvalue weighted by Crippen LogP contribution is -3.15. The van der Waals surface area contributed by atoms with Crippen LogP contribution in [0, 0.1) is 13.8 Å². The van der Waals surface area contributed by atoms with Crippen molar-refractivity contribution in [2.24, 2.45) is 0 Å². The number of methoxy groups -OCH3 is 1. The first kappa shape index (κ1) is 15.9. The zero-order chi connectivity index (χ0) is 15.4. The Hall–Kier alpha value is -1.44. The molecule has 0 atom stereocenters. The molecule has 0 saturated carbocycles. The minimum absolute atomic E-state index is 0.0849. The van der Waals surface area contributed by atoms with E-state index in [1.807, 2.05) is 13.8 Å². The van der Waals surface area contributed by atoms with Gasteiger partial charge in [-0.3, -0.25) is 4.79 Å². The molecule has 1 amide bonds. The second kappa shape index (κ2) is 7.02. The van der Waals surface area contributed by atoms with Gasteiger partial charge in [0.2, 0.25) is 0 Å². The van der Waals surface area contributed by atoms with E-state index < -0.39 is 5.97 Å². The van der Waals surface area contributed by atoms with Crippen molar-refractivity contribution in [3.63, 3.8) is 0 Å². The van der Waals surface area contributed by atoms with E-state index in [4.69, 9.17) is 9.47 Å². The second-order valence-corrected chi connectivity index (χ2v) is 6.29. The number of amides is 1. The van der Waals surface area contributed by atoms with Crippen LogP contribution in [0.2, 0.25) is 0 Å². The number of hydrogen-bond donors (Lipinski definition) is 2. The van der Waals surface area contributed by atoms with Gasteiger partial charge in [0.25, 0.3) is 5.91 Å². The van der Waals surface area contributed by atoms with E-state index in [2.05, 4.69) is 5.32 Å². The van der Waals surface area contributed by atoms with Crippen molar-refractivity contribution in [3.05, 3.63) is 16.0 Å². The number of anilines is 1. The predicted octanol–water partition coefficient (Wildman–Crippen LogP) is 0.00514. The summed E-state index contributed by atoms with van der Waals surface area (Å²) < 4.78 is 10.1. The van der Waals surface area contributed by atoms with E-state index in [9.17, 15) is 9.59 Å². The molecule has 21 heavy (non-hydrogen) atoms. The molecular weight excluding hydrogens is 292 g/mol. The topological polar surface area (TPSA) is 69.1 Å². The molecule has 0 spiro atoms. The summed E-state index contributed by atoms with van der Waals surface area (Å²) in [5.41, 5.74) is 1.33. The van der Waals surface area contributed by atoms with Crippen LogP contribution in [-0.4, -0.2) is 51.8 Å². The van der Waals surface area contributed by atoms with Crippen molar-refractivity contribution >= 4 is 28.2 Å². The third-order valence-corrected chi connectivity index (χ3v) is 4.76. The van der Waals surface area contributed by atoms with Crippen LogP contribution in [0.5, 0.6) is 0 Å². The first-order valence-electron chi connectivity index (χ1n) is 6.92. The Bertz CT molecular complexity index is 535. The number of quaternary nitrogens is 1. The fraction of sp³-hybridized carbons (Fsp3) is 0.571. The summed E-state index contributed by atoms with van der Waals surface area (Å²) in [6.07, 6.45) is 0. The highest BCUT2D eigenvalue weighted by molar-refractivity contribution is 7.16. The average Bonchev–Trinajstić information content (AvgIpc) is 2.74. The number of carbonyl (C=O) groups excluding carboxylic acids is 2. The maximum Gasteiger partial charge on any atom is 0.341 e. The number of nitrogens with one attached hydrogen (secondary N) is 2. The van der Waals surface area contributed by atoms with Gasteiger partial charge in [-0.1, -0.05) is 0 Å². The van der Waals surface area contributed by atoms with Crippen molar-refractivity contribution in [1.29, 1.82) is 0 Å². The fourth-order valence-corrected chi connectivity index (χ4v) is 3.36. The molecule has 0 aliphatic carbocycles. The van der Waals surface area contributed by atoms with Crippen LogP contribution in [0.25, 0.3) is 0 Å². The number of rotatable bonds is 4. The molecule has 7 heteroatoms. The Labute approximate surface area is 128 Å². The van der Waals surface area contributed by atoms with Crippen molar-refractivity contribution < 1.29 is 24.0 Å². The SMILES string of the molecule is COC(=O)c1c(NC(=O)C[NH+]2CCOCC2)sc(C)c1C. The maximum atomic E-state index is 12.1. The smallest absolute Gasteiger partial charge is 0.341 e. The van der Waals surface area contributed by atoms with Gasteiger partial charge in [-0.2, -0.15) is 0 Å². The first-order valence-corrected chi connectivity index (χ1v) is 7.74. The van der Waals surface area contributed by atoms with E-state index in [0.29, 0.717) is 30.3 Å². The standard InChI is InChI=1S/C14H20N2O4S/c1-9-10(2)21-13(12(9)14(18)19-3)15-11(17)8-16-4-6-20-7-5-16/h4-8H2,1-3H3,(H,15,17)/p+1. The molecule has 2 N–H and O–H groups in total. The summed E-state index contributed by atoms with van der Waals surface area (Å²) in [5.74, 6) is -0.496. The van der Waals surface area contributed by atoms with Crippen molar-refractivity contribution in [2.75, 3.05) is 45.3 Å². The van der Waals surface area contributed by atoms with Crippen molar-refractivity contribution in [1.82, 2.24) is 0 Å². The number of morpholine rings is 1. The Kier molecular flexibility index (Phi) is 5.33. The molecule has 1 aliphatic rings. The molecule has 0 radical (unpaired) electrons. The molecule has 6 nitrogen and oxygen atoms in total. The van der Waals surface area contributed by atoms with Crippen LogP contribution in [0.3, 0.4) is 0 Å². The lowest BCUT2D eigenvalue weighted by atomic mass is 10.1. The Balaban J connectivity index is 2.06. The van der Waals surface area contributed by atoms with Gasteiger partial charge in [0.1, 0.15) is 18.1 Å². The highest BCUT2D eigenvalue weighted by atomic mass is 32.1. The molecule has 1 aliphatic heterocycles. The highest BCUT2D eigenvalue weighted by Crippen LogP contribution is 2.32. The average molecular weight is 313 g/mol. The van der Waals surface area contributed by atoms with Gasteiger partial charge in [-0.25, -0.2) is 4.79 Å². The summed E-state index contributed by atoms with van der Waals surface area (Å²) in [5, 5.41) is 3.43. The first-order chi connectivity index (χ1) is 10.0. The summed E-state index contributed by atoms with van der Waals surface area (Å²) >= 11 is 1.41. The molecule has 0 unspecified atom stereocenters. The Morgan fingerprint density at radius 2 is 2.00 bits per heavy atom. The van der Waals surface area contributed by atoms with Crippen molar-refractivity contribution in [3.8, 4) is 0 Å². The minimum Gasteiger partial charge on any atom is -0.465 e. The summed E-state index contributed by atoms with van der Waals surface area (Å²) in [7, 11) is 1.35. The minimum atomic E-state index is -0.411. The molecule has 2 heterocycles. The lowest BCUT2D eigenvalue weighted by Gasteiger charge is -2.22. The molecular formula is C14H21N2O4S+. The van der Waals surface area contributed by atoms with E-state index in [0.717, 1.165) is 23.5 Å². The van der Waals surface area contributed by atoms with Gasteiger partial charge in [0, 0.05) is 4.88 Å². The van der Waals surface area contributed by atoms with Crippen LogP contribution in [-0.2, 0) is 14.3 Å². The Morgan fingerprint density at radius 1 is 1.33 bits per heavy atom. The summed E-state index contributed by atoms with van der Waals surface area (Å²) in [6, 6.07) is 0. The van der Waals surface area contributed by atoms with Gasteiger partial charge in [-0.15, -0.1) is 11.3 Å². The van der Waals surface area contributed by atoms with Crippen LogP contribution in [0.15, 0.2) is 0 Å². The van der Waals surface area contributed by atoms with Crippen LogP contribution in [0.4, 0.5) is 5.00 Å². The van der Waals surface area contributed by atoms with Gasteiger partial charge in [-0.05, 0) is 19.4 Å². The second-order valence-electron chi connectivity index (χ2n) is 5.07.